The van der Waals surface area contributed by atoms with Gasteiger partial charge in [0.15, 0.2) is 6.10 Å². The summed E-state index contributed by atoms with van der Waals surface area (Å²) in [5.41, 5.74) is 5.36. The van der Waals surface area contributed by atoms with Crippen LogP contribution < -0.4 is 5.73 Å². The number of rotatable bonds is 2. The lowest BCUT2D eigenvalue weighted by molar-refractivity contribution is -0.152. The molecule has 0 spiro atoms. The fraction of sp³-hybridized carbons (Fsp3) is 0.857. The molecule has 4 heteroatoms. The topological polar surface area (TPSA) is 61.5 Å². The molecule has 0 aromatic carbocycles. The summed E-state index contributed by atoms with van der Waals surface area (Å²) in [7, 11) is 1.36. The Labute approximate surface area is 65.7 Å². The van der Waals surface area contributed by atoms with Gasteiger partial charge in [-0.15, -0.1) is 0 Å². The third-order valence-corrected chi connectivity index (χ3v) is 1.83. The Kier molecular flexibility index (Phi) is 2.84. The van der Waals surface area contributed by atoms with E-state index in [1.165, 1.54) is 7.11 Å². The van der Waals surface area contributed by atoms with E-state index in [-0.39, 0.29) is 18.2 Å². The van der Waals surface area contributed by atoms with Crippen LogP contribution in [0, 0.1) is 0 Å². The number of hydrogen-bond donors (Lipinski definition) is 1. The average molecular weight is 159 g/mol. The van der Waals surface area contributed by atoms with Gasteiger partial charge >= 0.3 is 5.97 Å². The lowest BCUT2D eigenvalue weighted by Gasteiger charge is -2.09. The largest absolute Gasteiger partial charge is 0.467 e. The molecule has 64 valence electrons. The minimum absolute atomic E-state index is 0.0408. The van der Waals surface area contributed by atoms with E-state index in [2.05, 4.69) is 4.74 Å². The maximum atomic E-state index is 10.9. The minimum atomic E-state index is -0.381. The van der Waals surface area contributed by atoms with Crippen LogP contribution in [0.3, 0.4) is 0 Å². The molecule has 1 rings (SSSR count). The Morgan fingerprint density at radius 1 is 1.73 bits per heavy atom. The molecular formula is C7H13NO3. The number of esters is 1. The fourth-order valence-electron chi connectivity index (χ4n) is 1.18. The van der Waals surface area contributed by atoms with Crippen molar-refractivity contribution in [3.8, 4) is 0 Å². The summed E-state index contributed by atoms with van der Waals surface area (Å²) in [4.78, 5) is 10.9. The average Bonchev–Trinajstić information content (AvgIpc) is 2.50. The first-order valence-electron chi connectivity index (χ1n) is 3.71. The van der Waals surface area contributed by atoms with Crippen LogP contribution in [0.25, 0.3) is 0 Å². The van der Waals surface area contributed by atoms with Crippen molar-refractivity contribution in [2.75, 3.05) is 13.7 Å². The molecule has 2 atom stereocenters. The van der Waals surface area contributed by atoms with Crippen molar-refractivity contribution >= 4 is 5.97 Å². The molecule has 0 amide bonds. The molecule has 0 unspecified atom stereocenters. The lowest BCUT2D eigenvalue weighted by Crippen LogP contribution is -2.25. The molecule has 4 nitrogen and oxygen atoms in total. The van der Waals surface area contributed by atoms with Gasteiger partial charge in [-0.05, 0) is 12.8 Å². The van der Waals surface area contributed by atoms with Crippen molar-refractivity contribution in [3.05, 3.63) is 0 Å². The molecule has 1 aliphatic rings. The molecule has 0 saturated carbocycles. The first kappa shape index (κ1) is 8.49. The van der Waals surface area contributed by atoms with Crippen molar-refractivity contribution in [2.24, 2.45) is 5.73 Å². The second-order valence-corrected chi connectivity index (χ2v) is 2.58. The standard InChI is InChI=1S/C7H13NO3/c1-10-7(9)6-3-2-5(4-8)11-6/h5-6H,2-4,8H2,1H3/t5-,6+/m1/s1. The quantitative estimate of drug-likeness (QED) is 0.560. The fourth-order valence-corrected chi connectivity index (χ4v) is 1.18. The van der Waals surface area contributed by atoms with Crippen molar-refractivity contribution in [1.29, 1.82) is 0 Å². The van der Waals surface area contributed by atoms with Gasteiger partial charge in [0.1, 0.15) is 0 Å². The lowest BCUT2D eigenvalue weighted by atomic mass is 10.2. The van der Waals surface area contributed by atoms with E-state index < -0.39 is 0 Å². The van der Waals surface area contributed by atoms with Gasteiger partial charge < -0.3 is 15.2 Å². The molecule has 0 aromatic rings. The summed E-state index contributed by atoms with van der Waals surface area (Å²) < 4.78 is 9.79. The molecule has 1 fully saturated rings. The highest BCUT2D eigenvalue weighted by molar-refractivity contribution is 5.74. The third-order valence-electron chi connectivity index (χ3n) is 1.83. The van der Waals surface area contributed by atoms with Gasteiger partial charge in [-0.25, -0.2) is 4.79 Å². The van der Waals surface area contributed by atoms with Crippen LogP contribution >= 0.6 is 0 Å². The second-order valence-electron chi connectivity index (χ2n) is 2.58. The molecule has 1 aliphatic heterocycles. The Morgan fingerprint density at radius 2 is 2.45 bits per heavy atom. The second kappa shape index (κ2) is 3.69. The summed E-state index contributed by atoms with van der Waals surface area (Å²) in [5.74, 6) is -0.291. The van der Waals surface area contributed by atoms with Gasteiger partial charge in [0.05, 0.1) is 13.2 Å². The number of hydrogen-bond acceptors (Lipinski definition) is 4. The smallest absolute Gasteiger partial charge is 0.334 e. The van der Waals surface area contributed by atoms with Crippen molar-refractivity contribution in [3.63, 3.8) is 0 Å². The van der Waals surface area contributed by atoms with Crippen LogP contribution in [-0.4, -0.2) is 31.8 Å². The van der Waals surface area contributed by atoms with E-state index in [0.717, 1.165) is 12.8 Å². The summed E-state index contributed by atoms with van der Waals surface area (Å²) in [5, 5.41) is 0. The predicted molar refractivity (Wildman–Crippen MR) is 39.0 cm³/mol. The Morgan fingerprint density at radius 3 is 2.91 bits per heavy atom. The number of carbonyl (C=O) groups excluding carboxylic acids is 1. The van der Waals surface area contributed by atoms with Crippen LogP contribution in [0.2, 0.25) is 0 Å². The van der Waals surface area contributed by atoms with Crippen LogP contribution in [0.4, 0.5) is 0 Å². The van der Waals surface area contributed by atoms with Crippen molar-refractivity contribution in [2.45, 2.75) is 25.0 Å². The van der Waals surface area contributed by atoms with E-state index in [1.807, 2.05) is 0 Å². The van der Waals surface area contributed by atoms with E-state index in [0.29, 0.717) is 6.54 Å². The van der Waals surface area contributed by atoms with E-state index >= 15 is 0 Å². The van der Waals surface area contributed by atoms with Gasteiger partial charge in [0.25, 0.3) is 0 Å². The van der Waals surface area contributed by atoms with Gasteiger partial charge in [0.2, 0.25) is 0 Å². The highest BCUT2D eigenvalue weighted by Gasteiger charge is 2.30. The number of ether oxygens (including phenoxy) is 2. The van der Waals surface area contributed by atoms with Crippen molar-refractivity contribution < 1.29 is 14.3 Å². The number of carbonyl (C=O) groups is 1. The van der Waals surface area contributed by atoms with E-state index in [1.54, 1.807) is 0 Å². The first-order chi connectivity index (χ1) is 5.27. The Hall–Kier alpha value is -0.610. The van der Waals surface area contributed by atoms with Crippen LogP contribution in [0.5, 0.6) is 0 Å². The summed E-state index contributed by atoms with van der Waals surface area (Å²) >= 11 is 0. The van der Waals surface area contributed by atoms with Gasteiger partial charge in [0, 0.05) is 6.54 Å². The zero-order chi connectivity index (χ0) is 8.27. The summed E-state index contributed by atoms with van der Waals surface area (Å²) in [6.45, 7) is 0.480. The zero-order valence-electron chi connectivity index (χ0n) is 6.58. The molecule has 0 aliphatic carbocycles. The van der Waals surface area contributed by atoms with Crippen molar-refractivity contribution in [1.82, 2.24) is 0 Å². The predicted octanol–water partition coefficient (Wildman–Crippen LogP) is -0.334. The molecular weight excluding hydrogens is 146 g/mol. The van der Waals surface area contributed by atoms with Crippen LogP contribution in [-0.2, 0) is 14.3 Å². The number of nitrogens with two attached hydrogens (primary N) is 1. The van der Waals surface area contributed by atoms with E-state index in [4.69, 9.17) is 10.5 Å². The minimum Gasteiger partial charge on any atom is -0.467 e. The molecule has 1 heterocycles. The maximum Gasteiger partial charge on any atom is 0.334 e. The highest BCUT2D eigenvalue weighted by Crippen LogP contribution is 2.19. The number of methoxy groups -OCH3 is 1. The molecule has 0 bridgehead atoms. The van der Waals surface area contributed by atoms with Crippen LogP contribution in [0.15, 0.2) is 0 Å². The van der Waals surface area contributed by atoms with Crippen LogP contribution in [0.1, 0.15) is 12.8 Å². The zero-order valence-corrected chi connectivity index (χ0v) is 6.58. The molecule has 0 aromatic heterocycles. The molecule has 0 radical (unpaired) electrons. The maximum absolute atomic E-state index is 10.9. The molecule has 2 N–H and O–H groups in total. The summed E-state index contributed by atoms with van der Waals surface area (Å²) in [6, 6.07) is 0. The third kappa shape index (κ3) is 1.91. The van der Waals surface area contributed by atoms with Gasteiger partial charge in [-0.3, -0.25) is 0 Å². The normalized spacial score (nSPS) is 30.4. The SMILES string of the molecule is COC(=O)[C@@H]1CC[C@H](CN)O1. The Balaban J connectivity index is 2.35. The van der Waals surface area contributed by atoms with E-state index in [9.17, 15) is 4.79 Å². The van der Waals surface area contributed by atoms with Gasteiger partial charge in [-0.1, -0.05) is 0 Å². The highest BCUT2D eigenvalue weighted by atomic mass is 16.6. The summed E-state index contributed by atoms with van der Waals surface area (Å²) in [6.07, 6.45) is 1.25. The first-order valence-corrected chi connectivity index (χ1v) is 3.71. The monoisotopic (exact) mass is 159 g/mol. The molecule has 1 saturated heterocycles. The Bertz CT molecular complexity index is 149. The van der Waals surface area contributed by atoms with Gasteiger partial charge in [-0.2, -0.15) is 0 Å². The molecule has 11 heavy (non-hydrogen) atoms.